The lowest BCUT2D eigenvalue weighted by Crippen LogP contribution is -1.84. The minimum atomic E-state index is 0.458. The maximum atomic E-state index is 5.50. The fraction of sp³-hybridized carbons (Fsp3) is 0.571. The van der Waals surface area contributed by atoms with E-state index in [1.165, 1.54) is 6.42 Å². The third-order valence-corrected chi connectivity index (χ3v) is 2.93. The van der Waals surface area contributed by atoms with E-state index in [1.54, 1.807) is 0 Å². The molecule has 1 aromatic heterocycles. The minimum absolute atomic E-state index is 0.458. The van der Waals surface area contributed by atoms with Crippen LogP contribution in [-0.2, 0) is 0 Å². The fourth-order valence-electron chi connectivity index (χ4n) is 1.22. The maximum absolute atomic E-state index is 5.50. The summed E-state index contributed by atoms with van der Waals surface area (Å²) in [6.07, 6.45) is 1.19. The lowest BCUT2D eigenvalue weighted by molar-refractivity contribution is 0.383. The van der Waals surface area contributed by atoms with Gasteiger partial charge in [0.25, 0.3) is 0 Å². The Bertz CT molecular complexity index is 284. The van der Waals surface area contributed by atoms with Crippen molar-refractivity contribution in [1.82, 2.24) is 5.16 Å². The summed E-state index contributed by atoms with van der Waals surface area (Å²) in [5.74, 6) is 2.63. The number of nitrogen functional groups attached to an aromatic ring is 1. The Kier molecular flexibility index (Phi) is 1.45. The van der Waals surface area contributed by atoms with Gasteiger partial charge in [0.2, 0.25) is 0 Å². The average Bonchev–Trinajstić information content (AvgIpc) is 2.58. The van der Waals surface area contributed by atoms with Crippen LogP contribution in [0, 0.1) is 5.92 Å². The number of halogens is 1. The van der Waals surface area contributed by atoms with E-state index >= 15 is 0 Å². The van der Waals surface area contributed by atoms with Crippen LogP contribution in [0.15, 0.2) is 9.00 Å². The van der Waals surface area contributed by atoms with Gasteiger partial charge in [0.05, 0.1) is 0 Å². The third-order valence-electron chi connectivity index (χ3n) is 2.13. The second-order valence-electron chi connectivity index (χ2n) is 3.07. The number of hydrogen-bond donors (Lipinski definition) is 1. The SMILES string of the molecule is CC1CC1c1onc(N)c1Br. The van der Waals surface area contributed by atoms with Crippen molar-refractivity contribution >= 4 is 21.7 Å². The van der Waals surface area contributed by atoms with Crippen LogP contribution in [-0.4, -0.2) is 5.16 Å². The van der Waals surface area contributed by atoms with Gasteiger partial charge >= 0.3 is 0 Å². The number of anilines is 1. The molecule has 0 aliphatic heterocycles. The molecule has 2 atom stereocenters. The van der Waals surface area contributed by atoms with E-state index in [9.17, 15) is 0 Å². The number of nitrogens with two attached hydrogens (primary N) is 1. The molecule has 0 bridgehead atoms. The van der Waals surface area contributed by atoms with E-state index in [1.807, 2.05) is 0 Å². The van der Waals surface area contributed by atoms with Crippen molar-refractivity contribution in [3.05, 3.63) is 10.2 Å². The van der Waals surface area contributed by atoms with Gasteiger partial charge in [0, 0.05) is 5.92 Å². The Morgan fingerprint density at radius 3 is 2.73 bits per heavy atom. The van der Waals surface area contributed by atoms with Crippen molar-refractivity contribution in [2.24, 2.45) is 5.92 Å². The molecular formula is C7H9BrN2O. The third kappa shape index (κ3) is 1.05. The van der Waals surface area contributed by atoms with Gasteiger partial charge in [0.1, 0.15) is 4.47 Å². The smallest absolute Gasteiger partial charge is 0.181 e. The average molecular weight is 217 g/mol. The Labute approximate surface area is 73.1 Å². The zero-order valence-electron chi connectivity index (χ0n) is 6.17. The van der Waals surface area contributed by atoms with Crippen molar-refractivity contribution in [2.75, 3.05) is 5.73 Å². The molecule has 2 unspecified atom stereocenters. The summed E-state index contributed by atoms with van der Waals surface area (Å²) < 4.78 is 5.91. The van der Waals surface area contributed by atoms with Crippen molar-refractivity contribution in [3.8, 4) is 0 Å². The first kappa shape index (κ1) is 7.16. The standard InChI is InChI=1S/C7H9BrN2O/c1-3-2-4(3)6-5(8)7(9)10-11-6/h3-4H,2H2,1H3,(H2,9,10). The number of nitrogens with zero attached hydrogens (tertiary/aromatic N) is 1. The molecule has 11 heavy (non-hydrogen) atoms. The topological polar surface area (TPSA) is 52.0 Å². The molecule has 0 saturated heterocycles. The zero-order chi connectivity index (χ0) is 8.01. The van der Waals surface area contributed by atoms with Gasteiger partial charge in [-0.3, -0.25) is 0 Å². The van der Waals surface area contributed by atoms with Gasteiger partial charge in [-0.05, 0) is 28.3 Å². The molecule has 1 aliphatic carbocycles. The van der Waals surface area contributed by atoms with E-state index in [2.05, 4.69) is 28.0 Å². The minimum Gasteiger partial charge on any atom is -0.380 e. The van der Waals surface area contributed by atoms with E-state index in [0.717, 1.165) is 16.2 Å². The summed E-state index contributed by atoms with van der Waals surface area (Å²) in [6, 6.07) is 0. The van der Waals surface area contributed by atoms with Gasteiger partial charge in [-0.1, -0.05) is 12.1 Å². The molecule has 3 nitrogen and oxygen atoms in total. The molecule has 1 heterocycles. The van der Waals surface area contributed by atoms with Crippen LogP contribution in [0.2, 0.25) is 0 Å². The van der Waals surface area contributed by atoms with Gasteiger partial charge in [0.15, 0.2) is 11.6 Å². The molecule has 1 saturated carbocycles. The second-order valence-corrected chi connectivity index (χ2v) is 3.86. The molecule has 0 aromatic carbocycles. The van der Waals surface area contributed by atoms with Gasteiger partial charge in [-0.25, -0.2) is 0 Å². The molecule has 0 radical (unpaired) electrons. The molecule has 4 heteroatoms. The van der Waals surface area contributed by atoms with E-state index < -0.39 is 0 Å². The van der Waals surface area contributed by atoms with Gasteiger partial charge < -0.3 is 10.3 Å². The summed E-state index contributed by atoms with van der Waals surface area (Å²) >= 11 is 3.34. The van der Waals surface area contributed by atoms with Gasteiger partial charge in [-0.2, -0.15) is 0 Å². The fourth-order valence-corrected chi connectivity index (χ4v) is 1.66. The molecular weight excluding hydrogens is 208 g/mol. The predicted molar refractivity (Wildman–Crippen MR) is 45.1 cm³/mol. The Hall–Kier alpha value is -0.510. The van der Waals surface area contributed by atoms with Crippen LogP contribution in [0.5, 0.6) is 0 Å². The van der Waals surface area contributed by atoms with Crippen LogP contribution < -0.4 is 5.73 Å². The monoisotopic (exact) mass is 216 g/mol. The first-order valence-corrected chi connectivity index (χ1v) is 4.40. The van der Waals surface area contributed by atoms with Crippen molar-refractivity contribution in [2.45, 2.75) is 19.3 Å². The Balaban J connectivity index is 2.31. The van der Waals surface area contributed by atoms with E-state index in [4.69, 9.17) is 10.3 Å². The summed E-state index contributed by atoms with van der Waals surface area (Å²) in [6.45, 7) is 2.19. The zero-order valence-corrected chi connectivity index (χ0v) is 7.76. The van der Waals surface area contributed by atoms with Gasteiger partial charge in [-0.15, -0.1) is 0 Å². The number of hydrogen-bond acceptors (Lipinski definition) is 3. The second kappa shape index (κ2) is 2.24. The van der Waals surface area contributed by atoms with E-state index in [0.29, 0.717) is 11.7 Å². The van der Waals surface area contributed by atoms with Crippen LogP contribution in [0.25, 0.3) is 0 Å². The molecule has 1 fully saturated rings. The Morgan fingerprint density at radius 1 is 1.73 bits per heavy atom. The van der Waals surface area contributed by atoms with Crippen molar-refractivity contribution in [1.29, 1.82) is 0 Å². The highest BCUT2D eigenvalue weighted by atomic mass is 79.9. The molecule has 0 amide bonds. The quantitative estimate of drug-likeness (QED) is 0.783. The van der Waals surface area contributed by atoms with Crippen LogP contribution in [0.3, 0.4) is 0 Å². The molecule has 1 aliphatic rings. The van der Waals surface area contributed by atoms with Crippen LogP contribution in [0.1, 0.15) is 25.0 Å². The summed E-state index contributed by atoms with van der Waals surface area (Å²) in [5, 5.41) is 3.67. The molecule has 0 spiro atoms. The molecule has 1 aromatic rings. The highest BCUT2D eigenvalue weighted by Gasteiger charge is 2.39. The normalized spacial score (nSPS) is 28.9. The summed E-state index contributed by atoms with van der Waals surface area (Å²) in [5.41, 5.74) is 5.50. The van der Waals surface area contributed by atoms with Crippen LogP contribution >= 0.6 is 15.9 Å². The maximum Gasteiger partial charge on any atom is 0.181 e. The Morgan fingerprint density at radius 2 is 2.36 bits per heavy atom. The highest BCUT2D eigenvalue weighted by Crippen LogP contribution is 2.50. The lowest BCUT2D eigenvalue weighted by atomic mass is 10.3. The first-order chi connectivity index (χ1) is 5.20. The summed E-state index contributed by atoms with van der Waals surface area (Å²) in [7, 11) is 0. The largest absolute Gasteiger partial charge is 0.380 e. The molecule has 2 rings (SSSR count). The number of aromatic nitrogens is 1. The lowest BCUT2D eigenvalue weighted by Gasteiger charge is -1.88. The molecule has 2 N–H and O–H groups in total. The number of rotatable bonds is 1. The molecule has 60 valence electrons. The van der Waals surface area contributed by atoms with E-state index in [-0.39, 0.29) is 0 Å². The van der Waals surface area contributed by atoms with Crippen LogP contribution in [0.4, 0.5) is 5.82 Å². The van der Waals surface area contributed by atoms with Crippen molar-refractivity contribution in [3.63, 3.8) is 0 Å². The predicted octanol–water partition coefficient (Wildman–Crippen LogP) is 2.14. The van der Waals surface area contributed by atoms with Crippen molar-refractivity contribution < 1.29 is 4.52 Å². The summed E-state index contributed by atoms with van der Waals surface area (Å²) in [4.78, 5) is 0. The first-order valence-electron chi connectivity index (χ1n) is 3.60. The highest BCUT2D eigenvalue weighted by molar-refractivity contribution is 9.10.